The van der Waals surface area contributed by atoms with Crippen molar-refractivity contribution >= 4 is 0 Å². The lowest BCUT2D eigenvalue weighted by molar-refractivity contribution is 0.0503. The van der Waals surface area contributed by atoms with Crippen LogP contribution in [0, 0.1) is 0 Å². The highest BCUT2D eigenvalue weighted by molar-refractivity contribution is 5.04. The topological polar surface area (TPSA) is 60.4 Å². The Morgan fingerprint density at radius 1 is 1.40 bits per heavy atom. The van der Waals surface area contributed by atoms with Gasteiger partial charge in [-0.1, -0.05) is 0 Å². The molecule has 1 aromatic rings. The Labute approximate surface area is 89.8 Å². The first-order valence-corrected chi connectivity index (χ1v) is 5.46. The molecule has 0 amide bonds. The van der Waals surface area contributed by atoms with Crippen molar-refractivity contribution in [2.24, 2.45) is 5.73 Å². The molecule has 1 fully saturated rings. The van der Waals surface area contributed by atoms with Gasteiger partial charge in [0.15, 0.2) is 0 Å². The normalized spacial score (nSPS) is 25.9. The number of rotatable bonds is 5. The summed E-state index contributed by atoms with van der Waals surface area (Å²) in [6, 6.07) is 1.96. The van der Waals surface area contributed by atoms with Crippen molar-refractivity contribution < 1.29 is 9.15 Å². The van der Waals surface area contributed by atoms with Gasteiger partial charge in [0.25, 0.3) is 0 Å². The summed E-state index contributed by atoms with van der Waals surface area (Å²) in [5.41, 5.74) is 6.71. The Kier molecular flexibility index (Phi) is 3.77. The largest absolute Gasteiger partial charge is 0.472 e. The van der Waals surface area contributed by atoms with Crippen LogP contribution in [0.15, 0.2) is 23.0 Å². The van der Waals surface area contributed by atoms with Crippen molar-refractivity contribution in [1.82, 2.24) is 5.32 Å². The van der Waals surface area contributed by atoms with E-state index in [0.29, 0.717) is 12.6 Å². The zero-order chi connectivity index (χ0) is 10.5. The van der Waals surface area contributed by atoms with Gasteiger partial charge in [-0.2, -0.15) is 0 Å². The maximum absolute atomic E-state index is 5.72. The SMILES string of the molecule is NCC1CCC(CNCc2ccoc2)O1. The van der Waals surface area contributed by atoms with Crippen LogP contribution in [0.5, 0.6) is 0 Å². The quantitative estimate of drug-likeness (QED) is 0.757. The van der Waals surface area contributed by atoms with Gasteiger partial charge in [-0.3, -0.25) is 0 Å². The fourth-order valence-corrected chi connectivity index (χ4v) is 1.87. The minimum atomic E-state index is 0.269. The van der Waals surface area contributed by atoms with Gasteiger partial charge < -0.3 is 20.2 Å². The average molecular weight is 210 g/mol. The van der Waals surface area contributed by atoms with Crippen LogP contribution in [0.3, 0.4) is 0 Å². The van der Waals surface area contributed by atoms with E-state index in [1.54, 1.807) is 12.5 Å². The Morgan fingerprint density at radius 2 is 2.27 bits per heavy atom. The summed E-state index contributed by atoms with van der Waals surface area (Å²) in [5, 5.41) is 3.35. The molecule has 15 heavy (non-hydrogen) atoms. The van der Waals surface area contributed by atoms with Crippen molar-refractivity contribution in [3.8, 4) is 0 Å². The molecule has 3 N–H and O–H groups in total. The highest BCUT2D eigenvalue weighted by Gasteiger charge is 2.23. The van der Waals surface area contributed by atoms with Gasteiger partial charge in [-0.25, -0.2) is 0 Å². The van der Waals surface area contributed by atoms with Crippen molar-refractivity contribution in [1.29, 1.82) is 0 Å². The van der Waals surface area contributed by atoms with Crippen molar-refractivity contribution in [2.45, 2.75) is 31.6 Å². The zero-order valence-corrected chi connectivity index (χ0v) is 8.82. The second kappa shape index (κ2) is 5.30. The van der Waals surface area contributed by atoms with Crippen LogP contribution in [0.4, 0.5) is 0 Å². The zero-order valence-electron chi connectivity index (χ0n) is 8.82. The Bertz CT molecular complexity index is 274. The molecule has 2 atom stereocenters. The molecule has 1 aromatic heterocycles. The van der Waals surface area contributed by atoms with Gasteiger partial charge in [0.1, 0.15) is 0 Å². The van der Waals surface area contributed by atoms with E-state index < -0.39 is 0 Å². The molecular weight excluding hydrogens is 192 g/mol. The number of nitrogens with one attached hydrogen (secondary N) is 1. The number of furan rings is 1. The van der Waals surface area contributed by atoms with Crippen molar-refractivity contribution in [3.05, 3.63) is 24.2 Å². The predicted octanol–water partition coefficient (Wildman–Crippen LogP) is 0.875. The molecule has 4 nitrogen and oxygen atoms in total. The molecular formula is C11H18N2O2. The highest BCUT2D eigenvalue weighted by atomic mass is 16.5. The molecule has 1 aliphatic heterocycles. The lowest BCUT2D eigenvalue weighted by atomic mass is 10.2. The standard InChI is InChI=1S/C11H18N2O2/c12-5-10-1-2-11(15-10)7-13-6-9-3-4-14-8-9/h3-4,8,10-11,13H,1-2,5-7,12H2. The van der Waals surface area contributed by atoms with E-state index in [-0.39, 0.29) is 6.10 Å². The maximum Gasteiger partial charge on any atom is 0.0947 e. The molecule has 2 rings (SSSR count). The second-order valence-electron chi connectivity index (χ2n) is 3.96. The molecule has 0 spiro atoms. The van der Waals surface area contributed by atoms with Gasteiger partial charge in [0.05, 0.1) is 24.7 Å². The van der Waals surface area contributed by atoms with E-state index >= 15 is 0 Å². The Hall–Kier alpha value is -0.840. The van der Waals surface area contributed by atoms with Crippen LogP contribution in [-0.2, 0) is 11.3 Å². The molecule has 0 aliphatic carbocycles. The molecule has 0 bridgehead atoms. The fourth-order valence-electron chi connectivity index (χ4n) is 1.87. The van der Waals surface area contributed by atoms with Crippen LogP contribution in [-0.4, -0.2) is 25.3 Å². The van der Waals surface area contributed by atoms with E-state index in [2.05, 4.69) is 5.32 Å². The van der Waals surface area contributed by atoms with Gasteiger partial charge in [0.2, 0.25) is 0 Å². The molecule has 2 heterocycles. The molecule has 0 saturated carbocycles. The summed E-state index contributed by atoms with van der Waals surface area (Å²) < 4.78 is 10.7. The van der Waals surface area contributed by atoms with Gasteiger partial charge in [-0.05, 0) is 18.9 Å². The van der Waals surface area contributed by atoms with Crippen LogP contribution >= 0.6 is 0 Å². The van der Waals surface area contributed by atoms with Crippen LogP contribution in [0.1, 0.15) is 18.4 Å². The number of ether oxygens (including phenoxy) is 1. The predicted molar refractivity (Wildman–Crippen MR) is 57.4 cm³/mol. The summed E-state index contributed by atoms with van der Waals surface area (Å²) in [7, 11) is 0. The second-order valence-corrected chi connectivity index (χ2v) is 3.96. The smallest absolute Gasteiger partial charge is 0.0947 e. The summed E-state index contributed by atoms with van der Waals surface area (Å²) in [5.74, 6) is 0. The fraction of sp³-hybridized carbons (Fsp3) is 0.636. The maximum atomic E-state index is 5.72. The third-order valence-corrected chi connectivity index (χ3v) is 2.74. The van der Waals surface area contributed by atoms with Crippen LogP contribution < -0.4 is 11.1 Å². The Balaban J connectivity index is 1.63. The van der Waals surface area contributed by atoms with Gasteiger partial charge in [0, 0.05) is 25.2 Å². The summed E-state index contributed by atoms with van der Waals surface area (Å²) in [6.45, 7) is 2.36. The molecule has 0 radical (unpaired) electrons. The van der Waals surface area contributed by atoms with Gasteiger partial charge >= 0.3 is 0 Å². The van der Waals surface area contributed by atoms with E-state index in [1.807, 2.05) is 6.07 Å². The number of hydrogen-bond acceptors (Lipinski definition) is 4. The Morgan fingerprint density at radius 3 is 2.93 bits per heavy atom. The summed E-state index contributed by atoms with van der Waals surface area (Å²) >= 11 is 0. The lowest BCUT2D eigenvalue weighted by Gasteiger charge is -2.12. The summed E-state index contributed by atoms with van der Waals surface area (Å²) in [6.07, 6.45) is 6.24. The van der Waals surface area contributed by atoms with Crippen molar-refractivity contribution in [3.63, 3.8) is 0 Å². The van der Waals surface area contributed by atoms with E-state index in [9.17, 15) is 0 Å². The van der Waals surface area contributed by atoms with E-state index in [1.165, 1.54) is 5.56 Å². The van der Waals surface area contributed by atoms with E-state index in [0.717, 1.165) is 25.9 Å². The molecule has 2 unspecified atom stereocenters. The van der Waals surface area contributed by atoms with E-state index in [4.69, 9.17) is 14.9 Å². The van der Waals surface area contributed by atoms with Crippen LogP contribution in [0.25, 0.3) is 0 Å². The molecule has 0 aromatic carbocycles. The van der Waals surface area contributed by atoms with Crippen LogP contribution in [0.2, 0.25) is 0 Å². The number of hydrogen-bond donors (Lipinski definition) is 2. The molecule has 1 saturated heterocycles. The highest BCUT2D eigenvalue weighted by Crippen LogP contribution is 2.18. The molecule has 84 valence electrons. The van der Waals surface area contributed by atoms with Crippen molar-refractivity contribution in [2.75, 3.05) is 13.1 Å². The third-order valence-electron chi connectivity index (χ3n) is 2.74. The minimum Gasteiger partial charge on any atom is -0.472 e. The third kappa shape index (κ3) is 3.06. The summed E-state index contributed by atoms with van der Waals surface area (Å²) in [4.78, 5) is 0. The van der Waals surface area contributed by atoms with Gasteiger partial charge in [-0.15, -0.1) is 0 Å². The first-order valence-electron chi connectivity index (χ1n) is 5.46. The molecule has 4 heteroatoms. The average Bonchev–Trinajstić information content (AvgIpc) is 2.88. The molecule has 1 aliphatic rings. The minimum absolute atomic E-state index is 0.269. The monoisotopic (exact) mass is 210 g/mol. The number of nitrogens with two attached hydrogens (primary N) is 1. The lowest BCUT2D eigenvalue weighted by Crippen LogP contribution is -2.28. The first kappa shape index (κ1) is 10.7. The first-order chi connectivity index (χ1) is 7.38.